The van der Waals surface area contributed by atoms with E-state index in [0.29, 0.717) is 18.8 Å². The lowest BCUT2D eigenvalue weighted by Crippen LogP contribution is -2.42. The van der Waals surface area contributed by atoms with Crippen LogP contribution in [0.2, 0.25) is 0 Å². The third-order valence-corrected chi connectivity index (χ3v) is 7.17. The maximum absolute atomic E-state index is 13.0. The zero-order valence-electron chi connectivity index (χ0n) is 15.2. The molecule has 0 amide bonds. The van der Waals surface area contributed by atoms with Gasteiger partial charge in [0.15, 0.2) is 0 Å². The van der Waals surface area contributed by atoms with Crippen molar-refractivity contribution in [3.05, 3.63) is 47.5 Å². The van der Waals surface area contributed by atoms with Crippen LogP contribution in [0.25, 0.3) is 0 Å². The quantitative estimate of drug-likeness (QED) is 0.769. The highest BCUT2D eigenvalue weighted by molar-refractivity contribution is 7.89. The van der Waals surface area contributed by atoms with E-state index >= 15 is 0 Å². The minimum atomic E-state index is -3.27. The van der Waals surface area contributed by atoms with E-state index in [4.69, 9.17) is 0 Å². The second kappa shape index (κ2) is 7.65. The van der Waals surface area contributed by atoms with Crippen LogP contribution in [-0.2, 0) is 23.1 Å². The zero-order valence-corrected chi connectivity index (χ0v) is 16.0. The summed E-state index contributed by atoms with van der Waals surface area (Å²) in [5, 5.41) is 8.19. The second-order valence-corrected chi connectivity index (χ2v) is 9.37. The Labute approximate surface area is 158 Å². The molecule has 2 aliphatic heterocycles. The number of piperidine rings is 1. The van der Waals surface area contributed by atoms with E-state index < -0.39 is 10.0 Å². The first-order chi connectivity index (χ1) is 13.0. The monoisotopic (exact) mass is 393 g/mol. The molecule has 4 rings (SSSR count). The van der Waals surface area contributed by atoms with Gasteiger partial charge in [-0.25, -0.2) is 17.5 Å². The maximum Gasteiger partial charge on any atom is 0.216 e. The minimum absolute atomic E-state index is 0.0737. The predicted molar refractivity (Wildman–Crippen MR) is 98.9 cm³/mol. The number of nitrogens with zero attached hydrogens (tertiary/aromatic N) is 5. The molecule has 0 radical (unpaired) electrons. The smallest absolute Gasteiger partial charge is 0.216 e. The van der Waals surface area contributed by atoms with Gasteiger partial charge in [-0.2, -0.15) is 4.31 Å². The van der Waals surface area contributed by atoms with E-state index in [1.54, 1.807) is 23.0 Å². The van der Waals surface area contributed by atoms with Crippen molar-refractivity contribution in [1.29, 1.82) is 0 Å². The Kier molecular flexibility index (Phi) is 5.25. The first-order valence-corrected chi connectivity index (χ1v) is 11.0. The molecule has 146 valence electrons. The highest BCUT2D eigenvalue weighted by Gasteiger charge is 2.39. The number of rotatable bonds is 5. The average molecular weight is 393 g/mol. The lowest BCUT2D eigenvalue weighted by Gasteiger charge is -2.31. The van der Waals surface area contributed by atoms with Crippen LogP contribution in [0.5, 0.6) is 0 Å². The number of sulfonamides is 1. The number of benzene rings is 1. The van der Waals surface area contributed by atoms with Crippen LogP contribution in [0.1, 0.15) is 30.5 Å². The summed E-state index contributed by atoms with van der Waals surface area (Å²) in [7, 11) is -3.27. The summed E-state index contributed by atoms with van der Waals surface area (Å²) in [4.78, 5) is 2.31. The van der Waals surface area contributed by atoms with Gasteiger partial charge in [0.2, 0.25) is 10.0 Å². The third kappa shape index (κ3) is 4.36. The van der Waals surface area contributed by atoms with E-state index in [-0.39, 0.29) is 24.2 Å². The highest BCUT2D eigenvalue weighted by atomic mass is 32.2. The average Bonchev–Trinajstić information content (AvgIpc) is 3.22. The maximum atomic E-state index is 13.0. The van der Waals surface area contributed by atoms with Crippen LogP contribution in [0.15, 0.2) is 30.5 Å². The van der Waals surface area contributed by atoms with Crippen molar-refractivity contribution in [3.8, 4) is 0 Å². The molecule has 2 aromatic rings. The largest absolute Gasteiger partial charge is 0.298 e. The number of aromatic nitrogens is 3. The Morgan fingerprint density at radius 2 is 1.81 bits per heavy atom. The first kappa shape index (κ1) is 18.5. The molecule has 0 N–H and O–H groups in total. The highest BCUT2D eigenvalue weighted by Crippen LogP contribution is 2.23. The van der Waals surface area contributed by atoms with Gasteiger partial charge in [-0.15, -0.1) is 5.10 Å². The Morgan fingerprint density at radius 1 is 1.07 bits per heavy atom. The van der Waals surface area contributed by atoms with Crippen molar-refractivity contribution in [3.63, 3.8) is 0 Å². The van der Waals surface area contributed by atoms with E-state index in [2.05, 4.69) is 15.2 Å². The van der Waals surface area contributed by atoms with Crippen molar-refractivity contribution in [1.82, 2.24) is 24.2 Å². The fourth-order valence-electron chi connectivity index (χ4n) is 3.86. The summed E-state index contributed by atoms with van der Waals surface area (Å²) < 4.78 is 41.3. The van der Waals surface area contributed by atoms with Gasteiger partial charge in [-0.05, 0) is 43.6 Å². The topological polar surface area (TPSA) is 71.3 Å². The Morgan fingerprint density at radius 3 is 2.56 bits per heavy atom. The molecule has 0 saturated carbocycles. The first-order valence-electron chi connectivity index (χ1n) is 9.35. The van der Waals surface area contributed by atoms with Crippen LogP contribution in [0.4, 0.5) is 4.39 Å². The predicted octanol–water partition coefficient (Wildman–Crippen LogP) is 1.47. The molecule has 0 bridgehead atoms. The summed E-state index contributed by atoms with van der Waals surface area (Å²) in [6, 6.07) is 6.29. The van der Waals surface area contributed by atoms with Crippen molar-refractivity contribution < 1.29 is 12.8 Å². The van der Waals surface area contributed by atoms with Crippen molar-refractivity contribution in [2.45, 2.75) is 38.4 Å². The fourth-order valence-corrected chi connectivity index (χ4v) is 5.60. The summed E-state index contributed by atoms with van der Waals surface area (Å²) >= 11 is 0. The number of hydrogen-bond acceptors (Lipinski definition) is 5. The van der Waals surface area contributed by atoms with Crippen LogP contribution in [-0.4, -0.2) is 64.0 Å². The molecule has 1 aromatic heterocycles. The summed E-state index contributed by atoms with van der Waals surface area (Å²) in [5.74, 6) is -0.0861. The van der Waals surface area contributed by atoms with Gasteiger partial charge in [0.05, 0.1) is 30.7 Å². The standard InChI is InChI=1S/C18H24FN5O2S/c19-16-6-4-15(5-7-16)10-23-11-17(20-21-23)12-24-13-18(14-27(24,25)26)22-8-2-1-3-9-22/h4-7,11,18H,1-3,8-10,12-14H2. The van der Waals surface area contributed by atoms with Gasteiger partial charge in [-0.1, -0.05) is 23.8 Å². The molecule has 7 nitrogen and oxygen atoms in total. The molecule has 1 unspecified atom stereocenters. The molecule has 3 heterocycles. The SMILES string of the molecule is O=S1(=O)CC(N2CCCCC2)CN1Cc1cn(Cc2ccc(F)cc2)nn1. The van der Waals surface area contributed by atoms with Gasteiger partial charge in [0.25, 0.3) is 0 Å². The number of halogens is 1. The molecule has 9 heteroatoms. The molecule has 2 aliphatic rings. The van der Waals surface area contributed by atoms with E-state index in [0.717, 1.165) is 31.5 Å². The Hall–Kier alpha value is -1.84. The van der Waals surface area contributed by atoms with Crippen LogP contribution in [0, 0.1) is 5.82 Å². The van der Waals surface area contributed by atoms with Crippen LogP contribution >= 0.6 is 0 Å². The summed E-state index contributed by atoms with van der Waals surface area (Å²) in [5.41, 5.74) is 1.53. The molecule has 0 spiro atoms. The third-order valence-electron chi connectivity index (χ3n) is 5.30. The molecular weight excluding hydrogens is 369 g/mol. The summed E-state index contributed by atoms with van der Waals surface area (Å²) in [6.45, 7) is 3.21. The minimum Gasteiger partial charge on any atom is -0.298 e. The number of hydrogen-bond donors (Lipinski definition) is 0. The Balaban J connectivity index is 1.40. The second-order valence-electron chi connectivity index (χ2n) is 7.36. The molecule has 2 saturated heterocycles. The van der Waals surface area contributed by atoms with Crippen molar-refractivity contribution in [2.24, 2.45) is 0 Å². The lowest BCUT2D eigenvalue weighted by atomic mass is 10.1. The van der Waals surface area contributed by atoms with Gasteiger partial charge < -0.3 is 0 Å². The van der Waals surface area contributed by atoms with E-state index in [9.17, 15) is 12.8 Å². The molecule has 27 heavy (non-hydrogen) atoms. The summed E-state index contributed by atoms with van der Waals surface area (Å²) in [6.07, 6.45) is 5.28. The fraction of sp³-hybridized carbons (Fsp3) is 0.556. The van der Waals surface area contributed by atoms with E-state index in [1.807, 2.05) is 0 Å². The van der Waals surface area contributed by atoms with Crippen LogP contribution in [0.3, 0.4) is 0 Å². The van der Waals surface area contributed by atoms with Gasteiger partial charge in [0, 0.05) is 12.6 Å². The number of likely N-dealkylation sites (tertiary alicyclic amines) is 1. The molecular formula is C18H24FN5O2S. The zero-order chi connectivity index (χ0) is 18.9. The van der Waals surface area contributed by atoms with Crippen molar-refractivity contribution >= 4 is 10.0 Å². The lowest BCUT2D eigenvalue weighted by molar-refractivity contribution is 0.167. The molecule has 1 atom stereocenters. The van der Waals surface area contributed by atoms with Gasteiger partial charge in [0.1, 0.15) is 5.82 Å². The van der Waals surface area contributed by atoms with Gasteiger partial charge in [-0.3, -0.25) is 4.90 Å². The molecule has 2 fully saturated rings. The van der Waals surface area contributed by atoms with Crippen molar-refractivity contribution in [2.75, 3.05) is 25.4 Å². The van der Waals surface area contributed by atoms with E-state index in [1.165, 1.54) is 22.9 Å². The van der Waals surface area contributed by atoms with Crippen LogP contribution < -0.4 is 0 Å². The Bertz CT molecular complexity index is 877. The normalized spacial score (nSPS) is 23.7. The van der Waals surface area contributed by atoms with Gasteiger partial charge >= 0.3 is 0 Å². The molecule has 0 aliphatic carbocycles. The molecule has 1 aromatic carbocycles.